The van der Waals surface area contributed by atoms with E-state index in [1.807, 2.05) is 13.8 Å². The molecule has 0 saturated heterocycles. The van der Waals surface area contributed by atoms with Crippen LogP contribution in [-0.4, -0.2) is 29.3 Å². The fourth-order valence-corrected chi connectivity index (χ4v) is 1.52. The first-order valence-electron chi connectivity index (χ1n) is 4.86. The topological polar surface area (TPSA) is 101 Å². The Morgan fingerprint density at radius 3 is 2.60 bits per heavy atom. The van der Waals surface area contributed by atoms with Crippen molar-refractivity contribution in [2.75, 3.05) is 18.0 Å². The van der Waals surface area contributed by atoms with Crippen LogP contribution in [0.25, 0.3) is 0 Å². The molecule has 0 unspecified atom stereocenters. The number of aryl methyl sites for hydroxylation is 2. The predicted molar refractivity (Wildman–Crippen MR) is 58.7 cm³/mol. The number of aromatic amines is 1. The molecule has 0 radical (unpaired) electrons. The number of nitrogens with one attached hydrogen (secondary N) is 1. The molecule has 1 rings (SSSR count). The Morgan fingerprint density at radius 1 is 1.53 bits per heavy atom. The molecule has 6 heteroatoms. The first-order chi connectivity index (χ1) is 7.07. The lowest BCUT2D eigenvalue weighted by molar-refractivity contribution is 0.254. The van der Waals surface area contributed by atoms with Crippen LogP contribution < -0.4 is 16.4 Å². The minimum atomic E-state index is -0.476. The van der Waals surface area contributed by atoms with Crippen LogP contribution in [-0.2, 0) is 0 Å². The molecule has 0 fully saturated rings. The van der Waals surface area contributed by atoms with Crippen molar-refractivity contribution >= 4 is 11.7 Å². The van der Waals surface area contributed by atoms with Gasteiger partial charge in [0.05, 0.1) is 17.1 Å². The van der Waals surface area contributed by atoms with Crippen molar-refractivity contribution < 1.29 is 4.79 Å². The maximum Gasteiger partial charge on any atom is 0.319 e. The summed E-state index contributed by atoms with van der Waals surface area (Å²) in [5, 5.41) is 6.84. The van der Waals surface area contributed by atoms with E-state index < -0.39 is 6.03 Å². The molecule has 2 amide bonds. The zero-order chi connectivity index (χ0) is 11.4. The number of amides is 2. The molecule has 1 aromatic heterocycles. The van der Waals surface area contributed by atoms with Crippen molar-refractivity contribution in [2.24, 2.45) is 11.5 Å². The number of rotatable bonds is 4. The molecule has 0 saturated carbocycles. The average molecular weight is 211 g/mol. The van der Waals surface area contributed by atoms with E-state index >= 15 is 0 Å². The van der Waals surface area contributed by atoms with E-state index in [-0.39, 0.29) is 0 Å². The Labute approximate surface area is 88.6 Å². The van der Waals surface area contributed by atoms with Gasteiger partial charge < -0.3 is 11.5 Å². The number of nitrogens with zero attached hydrogens (tertiary/aromatic N) is 2. The maximum absolute atomic E-state index is 11.3. The van der Waals surface area contributed by atoms with Crippen LogP contribution in [0.5, 0.6) is 0 Å². The van der Waals surface area contributed by atoms with Crippen molar-refractivity contribution in [2.45, 2.75) is 20.3 Å². The number of aromatic nitrogens is 2. The van der Waals surface area contributed by atoms with Gasteiger partial charge >= 0.3 is 6.03 Å². The number of anilines is 1. The first-order valence-corrected chi connectivity index (χ1v) is 4.86. The standard InChI is InChI=1S/C9H17N5O/c1-6-8(7(2)13-12-6)14(9(11)15)5-3-4-10/h3-5,10H2,1-2H3,(H2,11,15)(H,12,13). The zero-order valence-corrected chi connectivity index (χ0v) is 9.08. The van der Waals surface area contributed by atoms with Gasteiger partial charge in [0.2, 0.25) is 0 Å². The third-order valence-electron chi connectivity index (χ3n) is 2.21. The molecule has 6 nitrogen and oxygen atoms in total. The van der Waals surface area contributed by atoms with Crippen molar-refractivity contribution in [1.29, 1.82) is 0 Å². The molecular formula is C9H17N5O. The van der Waals surface area contributed by atoms with Crippen molar-refractivity contribution in [3.8, 4) is 0 Å². The highest BCUT2D eigenvalue weighted by atomic mass is 16.2. The summed E-state index contributed by atoms with van der Waals surface area (Å²) >= 11 is 0. The fourth-order valence-electron chi connectivity index (χ4n) is 1.52. The lowest BCUT2D eigenvalue weighted by Crippen LogP contribution is -2.37. The van der Waals surface area contributed by atoms with E-state index in [0.717, 1.165) is 17.1 Å². The van der Waals surface area contributed by atoms with Crippen molar-refractivity contribution in [3.63, 3.8) is 0 Å². The Balaban J connectivity index is 2.93. The third-order valence-corrected chi connectivity index (χ3v) is 2.21. The van der Waals surface area contributed by atoms with Gasteiger partial charge in [0.25, 0.3) is 0 Å². The summed E-state index contributed by atoms with van der Waals surface area (Å²) in [4.78, 5) is 12.8. The van der Waals surface area contributed by atoms with Crippen LogP contribution in [0.15, 0.2) is 0 Å². The fraction of sp³-hybridized carbons (Fsp3) is 0.556. The van der Waals surface area contributed by atoms with E-state index in [1.165, 1.54) is 4.90 Å². The quantitative estimate of drug-likeness (QED) is 0.665. The highest BCUT2D eigenvalue weighted by Gasteiger charge is 2.18. The van der Waals surface area contributed by atoms with Gasteiger partial charge in [-0.3, -0.25) is 10.00 Å². The molecule has 0 aliphatic heterocycles. The number of primary amides is 1. The first kappa shape index (κ1) is 11.5. The van der Waals surface area contributed by atoms with E-state index in [4.69, 9.17) is 11.5 Å². The number of carbonyl (C=O) groups excluding carboxylic acids is 1. The number of nitrogens with two attached hydrogens (primary N) is 2. The molecule has 5 N–H and O–H groups in total. The van der Waals surface area contributed by atoms with Gasteiger partial charge in [0.1, 0.15) is 0 Å². The summed E-state index contributed by atoms with van der Waals surface area (Å²) < 4.78 is 0. The van der Waals surface area contributed by atoms with Crippen LogP contribution >= 0.6 is 0 Å². The summed E-state index contributed by atoms with van der Waals surface area (Å²) in [6, 6.07) is -0.476. The molecule has 0 aromatic carbocycles. The largest absolute Gasteiger partial charge is 0.351 e. The van der Waals surface area contributed by atoms with Gasteiger partial charge in [0.15, 0.2) is 0 Å². The lowest BCUT2D eigenvalue weighted by atomic mass is 10.2. The predicted octanol–water partition coefficient (Wildman–Crippen LogP) is 0.260. The summed E-state index contributed by atoms with van der Waals surface area (Å²) in [6.07, 6.45) is 0.715. The summed E-state index contributed by atoms with van der Waals surface area (Å²) in [7, 11) is 0. The second kappa shape index (κ2) is 4.79. The van der Waals surface area contributed by atoms with Crippen LogP contribution in [0.2, 0.25) is 0 Å². The number of urea groups is 1. The zero-order valence-electron chi connectivity index (χ0n) is 9.08. The molecule has 0 atom stereocenters. The van der Waals surface area contributed by atoms with Crippen LogP contribution in [0.3, 0.4) is 0 Å². The molecule has 0 bridgehead atoms. The number of hydrogen-bond donors (Lipinski definition) is 3. The minimum Gasteiger partial charge on any atom is -0.351 e. The van der Waals surface area contributed by atoms with Gasteiger partial charge in [-0.2, -0.15) is 5.10 Å². The Kier molecular flexibility index (Phi) is 3.68. The second-order valence-electron chi connectivity index (χ2n) is 3.41. The molecule has 1 heterocycles. The highest BCUT2D eigenvalue weighted by molar-refractivity contribution is 5.91. The van der Waals surface area contributed by atoms with Crippen molar-refractivity contribution in [1.82, 2.24) is 10.2 Å². The third kappa shape index (κ3) is 2.47. The van der Waals surface area contributed by atoms with Gasteiger partial charge in [-0.05, 0) is 26.8 Å². The molecule has 84 valence electrons. The smallest absolute Gasteiger partial charge is 0.319 e. The molecular weight excluding hydrogens is 194 g/mol. The van der Waals surface area contributed by atoms with E-state index in [2.05, 4.69) is 10.2 Å². The SMILES string of the molecule is Cc1n[nH]c(C)c1N(CCCN)C(N)=O. The lowest BCUT2D eigenvalue weighted by Gasteiger charge is -2.20. The molecule has 0 aliphatic rings. The Morgan fingerprint density at radius 2 is 2.20 bits per heavy atom. The molecule has 1 aromatic rings. The normalized spacial score (nSPS) is 10.3. The van der Waals surface area contributed by atoms with Gasteiger partial charge in [-0.25, -0.2) is 4.79 Å². The average Bonchev–Trinajstić information content (AvgIpc) is 2.49. The van der Waals surface area contributed by atoms with Gasteiger partial charge in [0, 0.05) is 6.54 Å². The van der Waals surface area contributed by atoms with Crippen LogP contribution in [0.1, 0.15) is 17.8 Å². The van der Waals surface area contributed by atoms with Crippen LogP contribution in [0, 0.1) is 13.8 Å². The number of carbonyl (C=O) groups is 1. The second-order valence-corrected chi connectivity index (χ2v) is 3.41. The van der Waals surface area contributed by atoms with Crippen molar-refractivity contribution in [3.05, 3.63) is 11.4 Å². The summed E-state index contributed by atoms with van der Waals surface area (Å²) in [5.74, 6) is 0. The number of H-pyrrole nitrogens is 1. The van der Waals surface area contributed by atoms with E-state index in [9.17, 15) is 4.79 Å². The monoisotopic (exact) mass is 211 g/mol. The van der Waals surface area contributed by atoms with Crippen LogP contribution in [0.4, 0.5) is 10.5 Å². The molecule has 0 spiro atoms. The molecule has 15 heavy (non-hydrogen) atoms. The summed E-state index contributed by atoms with van der Waals surface area (Å²) in [5.41, 5.74) is 13.1. The molecule has 0 aliphatic carbocycles. The van der Waals surface area contributed by atoms with E-state index in [1.54, 1.807) is 0 Å². The van der Waals surface area contributed by atoms with E-state index in [0.29, 0.717) is 19.5 Å². The van der Waals surface area contributed by atoms with Gasteiger partial charge in [-0.15, -0.1) is 0 Å². The maximum atomic E-state index is 11.3. The minimum absolute atomic E-state index is 0.476. The summed E-state index contributed by atoms with van der Waals surface area (Å²) in [6.45, 7) is 4.73. The Bertz CT molecular complexity index is 327. The van der Waals surface area contributed by atoms with Gasteiger partial charge in [-0.1, -0.05) is 0 Å². The Hall–Kier alpha value is -1.56. The highest BCUT2D eigenvalue weighted by Crippen LogP contribution is 2.21. The number of hydrogen-bond acceptors (Lipinski definition) is 3.